The molecule has 0 saturated carbocycles. The van der Waals surface area contributed by atoms with Crippen molar-refractivity contribution in [2.24, 2.45) is 17.3 Å². The number of aliphatic hydroxyl groups excluding tert-OH is 2. The highest BCUT2D eigenvalue weighted by Gasteiger charge is 2.46. The van der Waals surface area contributed by atoms with Gasteiger partial charge in [-0.2, -0.15) is 0 Å². The number of carbonyl (C=O) groups is 2. The topological polar surface area (TPSA) is 74.6 Å². The Hall–Kier alpha value is -0.740. The minimum atomic E-state index is -1.62. The summed E-state index contributed by atoms with van der Waals surface area (Å²) in [4.78, 5) is 23.7. The van der Waals surface area contributed by atoms with E-state index in [0.717, 1.165) is 0 Å². The van der Waals surface area contributed by atoms with Gasteiger partial charge < -0.3 is 10.2 Å². The van der Waals surface area contributed by atoms with Gasteiger partial charge in [0, 0.05) is 11.8 Å². The average Bonchev–Trinajstić information content (AvgIpc) is 2.19. The Labute approximate surface area is 90.3 Å². The van der Waals surface area contributed by atoms with Gasteiger partial charge in [0.25, 0.3) is 0 Å². The molecular formula is C11H20O4. The molecule has 0 aromatic heterocycles. The molecule has 0 rings (SSSR count). The highest BCUT2D eigenvalue weighted by atomic mass is 16.3. The van der Waals surface area contributed by atoms with E-state index in [4.69, 9.17) is 0 Å². The fourth-order valence-corrected chi connectivity index (χ4v) is 1.59. The summed E-state index contributed by atoms with van der Waals surface area (Å²) in [5.74, 6) is -1.56. The van der Waals surface area contributed by atoms with E-state index >= 15 is 0 Å². The number of hydrogen-bond acceptors (Lipinski definition) is 4. The molecule has 0 bridgehead atoms. The zero-order valence-corrected chi connectivity index (χ0v) is 9.78. The summed E-state index contributed by atoms with van der Waals surface area (Å²) < 4.78 is 0. The summed E-state index contributed by atoms with van der Waals surface area (Å²) in [6.07, 6.45) is 0. The largest absolute Gasteiger partial charge is 0.395 e. The average molecular weight is 216 g/mol. The zero-order valence-electron chi connectivity index (χ0n) is 9.78. The normalized spacial score (nSPS) is 12.3. The van der Waals surface area contributed by atoms with Crippen molar-refractivity contribution in [2.75, 3.05) is 13.2 Å². The Bertz CT molecular complexity index is 217. The third-order valence-electron chi connectivity index (χ3n) is 2.53. The molecular weight excluding hydrogens is 196 g/mol. The van der Waals surface area contributed by atoms with Gasteiger partial charge in [-0.15, -0.1) is 0 Å². The first kappa shape index (κ1) is 14.3. The minimum absolute atomic E-state index is 0.382. The summed E-state index contributed by atoms with van der Waals surface area (Å²) in [5.41, 5.74) is -1.62. The lowest BCUT2D eigenvalue weighted by molar-refractivity contribution is -0.150. The molecule has 0 saturated heterocycles. The van der Waals surface area contributed by atoms with Gasteiger partial charge in [-0.3, -0.25) is 9.59 Å². The summed E-state index contributed by atoms with van der Waals surface area (Å²) in [5, 5.41) is 18.4. The molecule has 0 heterocycles. The molecule has 0 aliphatic carbocycles. The number of rotatable bonds is 6. The minimum Gasteiger partial charge on any atom is -0.395 e. The van der Waals surface area contributed by atoms with E-state index in [1.54, 1.807) is 27.7 Å². The van der Waals surface area contributed by atoms with Crippen LogP contribution < -0.4 is 0 Å². The van der Waals surface area contributed by atoms with E-state index < -0.39 is 30.2 Å². The highest BCUT2D eigenvalue weighted by Crippen LogP contribution is 2.26. The van der Waals surface area contributed by atoms with Gasteiger partial charge in [-0.05, 0) is 0 Å². The quantitative estimate of drug-likeness (QED) is 0.630. The Kier molecular flexibility index (Phi) is 5.11. The fraction of sp³-hybridized carbons (Fsp3) is 0.818. The van der Waals surface area contributed by atoms with Crippen LogP contribution in [-0.2, 0) is 9.59 Å². The van der Waals surface area contributed by atoms with Crippen molar-refractivity contribution < 1.29 is 19.8 Å². The predicted molar refractivity (Wildman–Crippen MR) is 56.3 cm³/mol. The first-order chi connectivity index (χ1) is 6.83. The summed E-state index contributed by atoms with van der Waals surface area (Å²) in [7, 11) is 0. The first-order valence-corrected chi connectivity index (χ1v) is 5.13. The summed E-state index contributed by atoms with van der Waals surface area (Å²) in [6.45, 7) is 5.34. The monoisotopic (exact) mass is 216 g/mol. The third kappa shape index (κ3) is 2.63. The Morgan fingerprint density at radius 2 is 1.20 bits per heavy atom. The molecule has 15 heavy (non-hydrogen) atoms. The van der Waals surface area contributed by atoms with Crippen molar-refractivity contribution in [2.45, 2.75) is 27.7 Å². The molecule has 4 heteroatoms. The molecule has 0 amide bonds. The van der Waals surface area contributed by atoms with Crippen molar-refractivity contribution in [3.05, 3.63) is 0 Å². The second-order valence-corrected chi connectivity index (χ2v) is 4.44. The lowest BCUT2D eigenvalue weighted by Gasteiger charge is -2.29. The number of aliphatic hydroxyl groups is 2. The molecule has 0 radical (unpaired) electrons. The molecule has 0 atom stereocenters. The summed E-state index contributed by atoms with van der Waals surface area (Å²) >= 11 is 0. The zero-order chi connectivity index (χ0) is 12.2. The number of carbonyl (C=O) groups excluding carboxylic acids is 2. The van der Waals surface area contributed by atoms with E-state index in [2.05, 4.69) is 0 Å². The van der Waals surface area contributed by atoms with Crippen molar-refractivity contribution in [1.82, 2.24) is 0 Å². The molecule has 0 spiro atoms. The number of hydrogen-bond donors (Lipinski definition) is 2. The Balaban J connectivity index is 5.22. The standard InChI is InChI=1S/C11H20O4/c1-7(2)9(14)11(5-12,6-13)10(15)8(3)4/h7-8,12-13H,5-6H2,1-4H3. The summed E-state index contributed by atoms with van der Waals surface area (Å²) in [6, 6.07) is 0. The second-order valence-electron chi connectivity index (χ2n) is 4.44. The predicted octanol–water partition coefficient (Wildman–Crippen LogP) is 0.408. The highest BCUT2D eigenvalue weighted by molar-refractivity contribution is 6.08. The first-order valence-electron chi connectivity index (χ1n) is 5.13. The molecule has 0 unspecified atom stereocenters. The van der Waals surface area contributed by atoms with E-state index in [-0.39, 0.29) is 11.8 Å². The van der Waals surface area contributed by atoms with Crippen LogP contribution >= 0.6 is 0 Å². The molecule has 0 aliphatic rings. The van der Waals surface area contributed by atoms with Crippen LogP contribution in [0.1, 0.15) is 27.7 Å². The van der Waals surface area contributed by atoms with Crippen LogP contribution in [0.4, 0.5) is 0 Å². The smallest absolute Gasteiger partial charge is 0.153 e. The molecule has 2 N–H and O–H groups in total. The van der Waals surface area contributed by atoms with Gasteiger partial charge in [-0.25, -0.2) is 0 Å². The van der Waals surface area contributed by atoms with Crippen molar-refractivity contribution in [3.8, 4) is 0 Å². The van der Waals surface area contributed by atoms with Gasteiger partial charge in [0.2, 0.25) is 0 Å². The fourth-order valence-electron chi connectivity index (χ4n) is 1.59. The Morgan fingerprint density at radius 1 is 0.933 bits per heavy atom. The van der Waals surface area contributed by atoms with Gasteiger partial charge >= 0.3 is 0 Å². The van der Waals surface area contributed by atoms with Crippen LogP contribution in [0.15, 0.2) is 0 Å². The van der Waals surface area contributed by atoms with Gasteiger partial charge in [-0.1, -0.05) is 27.7 Å². The van der Waals surface area contributed by atoms with Crippen LogP contribution in [0, 0.1) is 17.3 Å². The van der Waals surface area contributed by atoms with Gasteiger partial charge in [0.05, 0.1) is 13.2 Å². The van der Waals surface area contributed by atoms with E-state index in [0.29, 0.717) is 0 Å². The molecule has 88 valence electrons. The van der Waals surface area contributed by atoms with Crippen LogP contribution in [-0.4, -0.2) is 35.0 Å². The van der Waals surface area contributed by atoms with Crippen molar-refractivity contribution in [3.63, 3.8) is 0 Å². The van der Waals surface area contributed by atoms with Crippen molar-refractivity contribution >= 4 is 11.6 Å². The number of ketones is 2. The molecule has 0 aromatic rings. The lowest BCUT2D eigenvalue weighted by atomic mass is 9.73. The van der Waals surface area contributed by atoms with Crippen molar-refractivity contribution in [1.29, 1.82) is 0 Å². The van der Waals surface area contributed by atoms with Crippen LogP contribution in [0.25, 0.3) is 0 Å². The van der Waals surface area contributed by atoms with E-state index in [9.17, 15) is 19.8 Å². The molecule has 4 nitrogen and oxygen atoms in total. The van der Waals surface area contributed by atoms with E-state index in [1.807, 2.05) is 0 Å². The second kappa shape index (κ2) is 5.37. The van der Waals surface area contributed by atoms with Crippen LogP contribution in [0.2, 0.25) is 0 Å². The maximum atomic E-state index is 11.8. The Morgan fingerprint density at radius 3 is 1.33 bits per heavy atom. The molecule has 0 aliphatic heterocycles. The van der Waals surface area contributed by atoms with Gasteiger partial charge in [0.1, 0.15) is 5.41 Å². The maximum absolute atomic E-state index is 11.8. The third-order valence-corrected chi connectivity index (χ3v) is 2.53. The number of Topliss-reactive ketones (excluding diaryl/α,β-unsaturated/α-hetero) is 2. The molecule has 0 fully saturated rings. The maximum Gasteiger partial charge on any atom is 0.153 e. The van der Waals surface area contributed by atoms with E-state index in [1.165, 1.54) is 0 Å². The van der Waals surface area contributed by atoms with Gasteiger partial charge in [0.15, 0.2) is 11.6 Å². The SMILES string of the molecule is CC(C)C(=O)C(CO)(CO)C(=O)C(C)C. The molecule has 0 aromatic carbocycles. The van der Waals surface area contributed by atoms with Crippen LogP contribution in [0.3, 0.4) is 0 Å². The van der Waals surface area contributed by atoms with Crippen LogP contribution in [0.5, 0.6) is 0 Å². The lowest BCUT2D eigenvalue weighted by Crippen LogP contribution is -2.49.